The molecule has 1 saturated heterocycles. The zero-order valence-electron chi connectivity index (χ0n) is 8.11. The number of para-hydroxylation sites is 1. The first-order chi connectivity index (χ1) is 7.22. The van der Waals surface area contributed by atoms with Crippen LogP contribution in [0, 0.1) is 5.82 Å². The Morgan fingerprint density at radius 3 is 2.87 bits per heavy atom. The molecule has 5 heteroatoms. The summed E-state index contributed by atoms with van der Waals surface area (Å²) in [5.41, 5.74) is 5.74. The van der Waals surface area contributed by atoms with E-state index in [-0.39, 0.29) is 12.1 Å². The van der Waals surface area contributed by atoms with Crippen molar-refractivity contribution in [3.8, 4) is 0 Å². The smallest absolute Gasteiger partial charge is 0.322 e. The molecule has 0 aromatic heterocycles. The summed E-state index contributed by atoms with van der Waals surface area (Å²) >= 11 is 0. The number of rotatable bonds is 2. The highest BCUT2D eigenvalue weighted by atomic mass is 19.1. The lowest BCUT2D eigenvalue weighted by atomic mass is 10.2. The Morgan fingerprint density at radius 2 is 2.27 bits per heavy atom. The summed E-state index contributed by atoms with van der Waals surface area (Å²) in [7, 11) is 0. The lowest BCUT2D eigenvalue weighted by Crippen LogP contribution is -2.33. The SMILES string of the molecule is NCC1CN(c2ccccc2F)C(=O)N1. The number of amides is 2. The van der Waals surface area contributed by atoms with Crippen LogP contribution in [0.3, 0.4) is 0 Å². The van der Waals surface area contributed by atoms with Crippen LogP contribution in [-0.4, -0.2) is 25.2 Å². The van der Waals surface area contributed by atoms with E-state index in [0.29, 0.717) is 18.8 Å². The molecule has 1 aliphatic heterocycles. The van der Waals surface area contributed by atoms with Crippen molar-refractivity contribution in [3.05, 3.63) is 30.1 Å². The lowest BCUT2D eigenvalue weighted by Gasteiger charge is -2.14. The molecule has 80 valence electrons. The molecule has 0 bridgehead atoms. The third-order valence-corrected chi connectivity index (χ3v) is 2.40. The molecule has 0 radical (unpaired) electrons. The molecule has 1 fully saturated rings. The molecule has 1 aromatic carbocycles. The number of anilines is 1. The van der Waals surface area contributed by atoms with Gasteiger partial charge < -0.3 is 11.1 Å². The van der Waals surface area contributed by atoms with Crippen LogP contribution < -0.4 is 16.0 Å². The van der Waals surface area contributed by atoms with E-state index in [2.05, 4.69) is 5.32 Å². The Bertz CT molecular complexity index is 383. The van der Waals surface area contributed by atoms with Crippen LogP contribution in [-0.2, 0) is 0 Å². The van der Waals surface area contributed by atoms with Crippen molar-refractivity contribution >= 4 is 11.7 Å². The van der Waals surface area contributed by atoms with Crippen LogP contribution in [0.2, 0.25) is 0 Å². The van der Waals surface area contributed by atoms with E-state index >= 15 is 0 Å². The van der Waals surface area contributed by atoms with Gasteiger partial charge >= 0.3 is 6.03 Å². The molecule has 2 amide bonds. The molecule has 1 atom stereocenters. The van der Waals surface area contributed by atoms with Crippen molar-refractivity contribution in [2.45, 2.75) is 6.04 Å². The van der Waals surface area contributed by atoms with Crippen LogP contribution >= 0.6 is 0 Å². The number of nitrogens with two attached hydrogens (primary N) is 1. The molecular formula is C10H12FN3O. The van der Waals surface area contributed by atoms with Gasteiger partial charge in [0, 0.05) is 13.1 Å². The first kappa shape index (κ1) is 9.92. The average Bonchev–Trinajstić information content (AvgIpc) is 2.60. The predicted octanol–water partition coefficient (Wildman–Crippen LogP) is 0.683. The number of hydrogen-bond acceptors (Lipinski definition) is 2. The fraction of sp³-hybridized carbons (Fsp3) is 0.300. The summed E-state index contributed by atoms with van der Waals surface area (Å²) in [4.78, 5) is 12.9. The van der Waals surface area contributed by atoms with Gasteiger partial charge in [-0.15, -0.1) is 0 Å². The summed E-state index contributed by atoms with van der Waals surface area (Å²) < 4.78 is 13.4. The summed E-state index contributed by atoms with van der Waals surface area (Å²) in [6.45, 7) is 0.771. The van der Waals surface area contributed by atoms with Crippen molar-refractivity contribution in [3.63, 3.8) is 0 Å². The Labute approximate surface area is 86.9 Å². The monoisotopic (exact) mass is 209 g/mol. The molecule has 15 heavy (non-hydrogen) atoms. The van der Waals surface area contributed by atoms with Gasteiger partial charge in [-0.05, 0) is 12.1 Å². The van der Waals surface area contributed by atoms with Gasteiger partial charge in [0.1, 0.15) is 5.82 Å². The molecule has 3 N–H and O–H groups in total. The molecule has 1 aromatic rings. The van der Waals surface area contributed by atoms with Gasteiger partial charge in [-0.1, -0.05) is 12.1 Å². The van der Waals surface area contributed by atoms with E-state index in [1.165, 1.54) is 11.0 Å². The second-order valence-electron chi connectivity index (χ2n) is 3.44. The second-order valence-corrected chi connectivity index (χ2v) is 3.44. The van der Waals surface area contributed by atoms with E-state index in [4.69, 9.17) is 5.73 Å². The second kappa shape index (κ2) is 3.86. The average molecular weight is 209 g/mol. The molecule has 0 spiro atoms. The molecular weight excluding hydrogens is 197 g/mol. The van der Waals surface area contributed by atoms with Crippen molar-refractivity contribution in [2.24, 2.45) is 5.73 Å². The maximum absolute atomic E-state index is 13.4. The van der Waals surface area contributed by atoms with E-state index in [9.17, 15) is 9.18 Å². The predicted molar refractivity (Wildman–Crippen MR) is 55.1 cm³/mol. The highest BCUT2D eigenvalue weighted by Gasteiger charge is 2.30. The van der Waals surface area contributed by atoms with Gasteiger partial charge in [0.2, 0.25) is 0 Å². The maximum Gasteiger partial charge on any atom is 0.322 e. The lowest BCUT2D eigenvalue weighted by molar-refractivity contribution is 0.250. The number of nitrogens with zero attached hydrogens (tertiary/aromatic N) is 1. The number of carbonyl (C=O) groups excluding carboxylic acids is 1. The third-order valence-electron chi connectivity index (χ3n) is 2.40. The quantitative estimate of drug-likeness (QED) is 0.752. The normalized spacial score (nSPS) is 20.5. The van der Waals surface area contributed by atoms with Gasteiger partial charge in [-0.2, -0.15) is 0 Å². The minimum Gasteiger partial charge on any atom is -0.332 e. The van der Waals surface area contributed by atoms with E-state index < -0.39 is 5.82 Å². The Morgan fingerprint density at radius 1 is 1.53 bits per heavy atom. The highest BCUT2D eigenvalue weighted by Crippen LogP contribution is 2.21. The van der Waals surface area contributed by atoms with Gasteiger partial charge in [-0.25, -0.2) is 9.18 Å². The summed E-state index contributed by atoms with van der Waals surface area (Å²) in [6, 6.07) is 5.80. The fourth-order valence-electron chi connectivity index (χ4n) is 1.61. The van der Waals surface area contributed by atoms with Crippen LogP contribution in [0.15, 0.2) is 24.3 Å². The van der Waals surface area contributed by atoms with Crippen LogP contribution in [0.1, 0.15) is 0 Å². The van der Waals surface area contributed by atoms with Gasteiger partial charge in [0.25, 0.3) is 0 Å². The first-order valence-electron chi connectivity index (χ1n) is 4.75. The summed E-state index contributed by atoms with van der Waals surface area (Å²) in [6.07, 6.45) is 0. The number of hydrogen-bond donors (Lipinski definition) is 2. The number of carbonyl (C=O) groups is 1. The van der Waals surface area contributed by atoms with Crippen molar-refractivity contribution in [1.82, 2.24) is 5.32 Å². The summed E-state index contributed by atoms with van der Waals surface area (Å²) in [5.74, 6) is -0.398. The third kappa shape index (κ3) is 1.78. The molecule has 2 rings (SSSR count). The first-order valence-corrected chi connectivity index (χ1v) is 4.75. The van der Waals surface area contributed by atoms with E-state index in [1.54, 1.807) is 18.2 Å². The minimum atomic E-state index is -0.398. The summed E-state index contributed by atoms with van der Waals surface area (Å²) in [5, 5.41) is 2.67. The van der Waals surface area contributed by atoms with Gasteiger partial charge in [0.05, 0.1) is 11.7 Å². The van der Waals surface area contributed by atoms with E-state index in [0.717, 1.165) is 0 Å². The number of nitrogens with one attached hydrogen (secondary N) is 1. The molecule has 0 saturated carbocycles. The largest absolute Gasteiger partial charge is 0.332 e. The fourth-order valence-corrected chi connectivity index (χ4v) is 1.61. The van der Waals surface area contributed by atoms with Crippen molar-refractivity contribution in [1.29, 1.82) is 0 Å². The standard InChI is InChI=1S/C10H12FN3O/c11-8-3-1-2-4-9(8)14-6-7(5-12)13-10(14)15/h1-4,7H,5-6,12H2,(H,13,15). The molecule has 4 nitrogen and oxygen atoms in total. The highest BCUT2D eigenvalue weighted by molar-refractivity contribution is 5.94. The zero-order valence-corrected chi connectivity index (χ0v) is 8.11. The van der Waals surface area contributed by atoms with Crippen LogP contribution in [0.5, 0.6) is 0 Å². The molecule has 1 unspecified atom stereocenters. The van der Waals surface area contributed by atoms with Crippen molar-refractivity contribution < 1.29 is 9.18 Å². The maximum atomic E-state index is 13.4. The van der Waals surface area contributed by atoms with Crippen LogP contribution in [0.25, 0.3) is 0 Å². The number of halogens is 1. The molecule has 1 aliphatic rings. The zero-order chi connectivity index (χ0) is 10.8. The topological polar surface area (TPSA) is 58.4 Å². The van der Waals surface area contributed by atoms with Gasteiger partial charge in [-0.3, -0.25) is 4.90 Å². The molecule has 0 aliphatic carbocycles. The Hall–Kier alpha value is -1.62. The Kier molecular flexibility index (Phi) is 2.55. The van der Waals surface area contributed by atoms with Crippen LogP contribution in [0.4, 0.5) is 14.9 Å². The number of urea groups is 1. The Balaban J connectivity index is 2.25. The minimum absolute atomic E-state index is 0.0999. The number of benzene rings is 1. The van der Waals surface area contributed by atoms with Gasteiger partial charge in [0.15, 0.2) is 0 Å². The van der Waals surface area contributed by atoms with E-state index in [1.807, 2.05) is 0 Å². The van der Waals surface area contributed by atoms with Crippen molar-refractivity contribution in [2.75, 3.05) is 18.0 Å². The molecule has 1 heterocycles.